The molecule has 0 saturated heterocycles. The van der Waals surface area contributed by atoms with Crippen LogP contribution in [0.5, 0.6) is 0 Å². The molecule has 0 aliphatic carbocycles. The molecule has 0 atom stereocenters. The summed E-state index contributed by atoms with van der Waals surface area (Å²) in [6.45, 7) is 0. The zero-order chi connectivity index (χ0) is 12.4. The molecular weight excluding hydrogens is 238 g/mol. The maximum Gasteiger partial charge on any atom is 0.338 e. The summed E-state index contributed by atoms with van der Waals surface area (Å²) in [7, 11) is 0. The van der Waals surface area contributed by atoms with Gasteiger partial charge in [-0.05, 0) is 5.39 Å². The Bertz CT molecular complexity index is 626. The van der Waals surface area contributed by atoms with Crippen LogP contribution in [0.3, 0.4) is 0 Å². The summed E-state index contributed by atoms with van der Waals surface area (Å²) in [5.41, 5.74) is 0.0363. The molecule has 0 unspecified atom stereocenters. The van der Waals surface area contributed by atoms with Crippen molar-refractivity contribution in [3.8, 4) is 0 Å². The minimum absolute atomic E-state index is 0. The molecule has 94 valence electrons. The van der Waals surface area contributed by atoms with Crippen molar-refractivity contribution in [2.75, 3.05) is 0 Å². The number of carboxylic acid groups (broad SMARTS) is 2. The van der Waals surface area contributed by atoms with Gasteiger partial charge in [-0.25, -0.2) is 9.59 Å². The van der Waals surface area contributed by atoms with E-state index in [0.29, 0.717) is 17.2 Å². The van der Waals surface area contributed by atoms with E-state index in [9.17, 15) is 9.59 Å². The summed E-state index contributed by atoms with van der Waals surface area (Å²) < 4.78 is 0. The predicted octanol–water partition coefficient (Wildman–Crippen LogP) is 0.896. The number of aromatic nitrogens is 1. The molecule has 5 N–H and O–H groups in total. The van der Waals surface area contributed by atoms with Crippen molar-refractivity contribution < 1.29 is 25.3 Å². The molecule has 0 aliphatic heterocycles. The van der Waals surface area contributed by atoms with Gasteiger partial charge in [0.15, 0.2) is 0 Å². The quantitative estimate of drug-likeness (QED) is 0.699. The van der Waals surface area contributed by atoms with E-state index in [1.165, 1.54) is 0 Å². The van der Waals surface area contributed by atoms with Crippen LogP contribution in [-0.2, 0) is 9.59 Å². The molecule has 0 spiro atoms. The van der Waals surface area contributed by atoms with Gasteiger partial charge in [0.2, 0.25) is 0 Å². The first kappa shape index (κ1) is 13.5. The van der Waals surface area contributed by atoms with Gasteiger partial charge in [-0.3, -0.25) is 0 Å². The van der Waals surface area contributed by atoms with Crippen LogP contribution in [0.25, 0.3) is 16.3 Å². The fourth-order valence-corrected chi connectivity index (χ4v) is 1.67. The van der Waals surface area contributed by atoms with E-state index >= 15 is 0 Å². The van der Waals surface area contributed by atoms with Crippen LogP contribution in [0.2, 0.25) is 0 Å². The molecule has 1 aromatic heterocycles. The summed E-state index contributed by atoms with van der Waals surface area (Å²) in [5.74, 6) is -2.57. The molecule has 1 heterocycles. The second-order valence-electron chi connectivity index (χ2n) is 3.45. The maximum absolute atomic E-state index is 11.0. The molecule has 0 aliphatic rings. The Morgan fingerprint density at radius 3 is 2.44 bits per heavy atom. The summed E-state index contributed by atoms with van der Waals surface area (Å²) in [4.78, 5) is 24.4. The van der Waals surface area contributed by atoms with Crippen LogP contribution >= 0.6 is 0 Å². The lowest BCUT2D eigenvalue weighted by molar-refractivity contribution is -0.133. The number of rotatable bonds is 3. The van der Waals surface area contributed by atoms with Crippen LogP contribution in [0.1, 0.15) is 5.69 Å². The van der Waals surface area contributed by atoms with Gasteiger partial charge in [0.1, 0.15) is 0 Å². The van der Waals surface area contributed by atoms with E-state index in [-0.39, 0.29) is 11.0 Å². The monoisotopic (exact) mass is 249 g/mol. The number of hydrogen-bond acceptors (Lipinski definition) is 2. The molecular formula is C12H11NO5. The third-order valence-electron chi connectivity index (χ3n) is 2.37. The summed E-state index contributed by atoms with van der Waals surface area (Å²) >= 11 is 0. The molecule has 2 aromatic rings. The average Bonchev–Trinajstić information content (AvgIpc) is 2.69. The van der Waals surface area contributed by atoms with Crippen molar-refractivity contribution >= 4 is 28.3 Å². The van der Waals surface area contributed by atoms with Gasteiger partial charge in [0.25, 0.3) is 0 Å². The zero-order valence-corrected chi connectivity index (χ0v) is 9.18. The lowest BCUT2D eigenvalue weighted by atomic mass is 10.1. The minimum atomic E-state index is -1.29. The molecule has 0 radical (unpaired) electrons. The van der Waals surface area contributed by atoms with E-state index in [2.05, 4.69) is 4.98 Å². The molecule has 6 nitrogen and oxygen atoms in total. The van der Waals surface area contributed by atoms with E-state index in [1.807, 2.05) is 12.1 Å². The number of nitrogens with one attached hydrogen (secondary N) is 1. The van der Waals surface area contributed by atoms with Crippen molar-refractivity contribution in [3.63, 3.8) is 0 Å². The molecule has 0 amide bonds. The number of H-pyrrole nitrogens is 1. The highest BCUT2D eigenvalue weighted by Gasteiger charge is 2.16. The molecule has 1 aromatic carbocycles. The third kappa shape index (κ3) is 2.38. The molecule has 2 rings (SSSR count). The van der Waals surface area contributed by atoms with Crippen LogP contribution < -0.4 is 0 Å². The van der Waals surface area contributed by atoms with Crippen LogP contribution in [-0.4, -0.2) is 32.6 Å². The van der Waals surface area contributed by atoms with Crippen LogP contribution in [0.15, 0.2) is 36.5 Å². The number of hydrogen-bond donors (Lipinski definition) is 3. The summed E-state index contributed by atoms with van der Waals surface area (Å²) in [6, 6.07) is 7.14. The Hall–Kier alpha value is -2.60. The van der Waals surface area contributed by atoms with Crippen molar-refractivity contribution in [2.45, 2.75) is 0 Å². The van der Waals surface area contributed by atoms with Gasteiger partial charge in [-0.15, -0.1) is 0 Å². The highest BCUT2D eigenvalue weighted by Crippen LogP contribution is 2.24. The smallest absolute Gasteiger partial charge is 0.338 e. The minimum Gasteiger partial charge on any atom is -0.478 e. The Kier molecular flexibility index (Phi) is 3.85. The highest BCUT2D eigenvalue weighted by atomic mass is 16.4. The summed E-state index contributed by atoms with van der Waals surface area (Å²) in [6.07, 6.45) is 2.32. The molecule has 6 heteroatoms. The number of benzene rings is 1. The van der Waals surface area contributed by atoms with Gasteiger partial charge in [-0.1, -0.05) is 24.3 Å². The highest BCUT2D eigenvalue weighted by molar-refractivity contribution is 6.22. The fraction of sp³-hybridized carbons (Fsp3) is 0. The molecule has 18 heavy (non-hydrogen) atoms. The van der Waals surface area contributed by atoms with Crippen molar-refractivity contribution in [3.05, 3.63) is 42.2 Å². The van der Waals surface area contributed by atoms with E-state index in [0.717, 1.165) is 5.39 Å². The van der Waals surface area contributed by atoms with Crippen molar-refractivity contribution in [2.24, 2.45) is 0 Å². The second-order valence-corrected chi connectivity index (χ2v) is 3.45. The Morgan fingerprint density at radius 1 is 1.17 bits per heavy atom. The molecule has 0 fully saturated rings. The lowest BCUT2D eigenvalue weighted by Gasteiger charge is -1.99. The van der Waals surface area contributed by atoms with E-state index in [1.54, 1.807) is 18.3 Å². The van der Waals surface area contributed by atoms with Crippen LogP contribution in [0.4, 0.5) is 0 Å². The Morgan fingerprint density at radius 2 is 1.83 bits per heavy atom. The van der Waals surface area contributed by atoms with E-state index < -0.39 is 11.9 Å². The maximum atomic E-state index is 11.0. The standard InChI is InChI=1S/C12H9NO4.H2O/c14-10(15)5-9(12(16)17)11-8-4-2-1-3-7(8)6-13-11;/h1-6,13H,(H,14,15)(H,16,17);1H2/b9-5+;. The predicted molar refractivity (Wildman–Crippen MR) is 65.2 cm³/mol. The van der Waals surface area contributed by atoms with Gasteiger partial charge in [-0.2, -0.15) is 0 Å². The molecule has 0 saturated carbocycles. The van der Waals surface area contributed by atoms with Gasteiger partial charge in [0.05, 0.1) is 11.3 Å². The first-order valence-corrected chi connectivity index (χ1v) is 4.84. The number of aromatic amines is 1. The first-order valence-electron chi connectivity index (χ1n) is 4.84. The van der Waals surface area contributed by atoms with Gasteiger partial charge < -0.3 is 20.7 Å². The lowest BCUT2D eigenvalue weighted by Crippen LogP contribution is -2.03. The fourth-order valence-electron chi connectivity index (χ4n) is 1.67. The Balaban J connectivity index is 0.00000162. The van der Waals surface area contributed by atoms with Crippen molar-refractivity contribution in [1.29, 1.82) is 0 Å². The number of fused-ring (bicyclic) bond motifs is 1. The summed E-state index contributed by atoms with van der Waals surface area (Å²) in [5, 5.41) is 19.2. The zero-order valence-electron chi connectivity index (χ0n) is 9.18. The number of carbonyl (C=O) groups is 2. The number of carboxylic acids is 2. The van der Waals surface area contributed by atoms with Crippen molar-refractivity contribution in [1.82, 2.24) is 4.98 Å². The van der Waals surface area contributed by atoms with Gasteiger partial charge >= 0.3 is 11.9 Å². The van der Waals surface area contributed by atoms with E-state index in [4.69, 9.17) is 10.2 Å². The average molecular weight is 249 g/mol. The second kappa shape index (κ2) is 5.15. The third-order valence-corrected chi connectivity index (χ3v) is 2.37. The molecule has 0 bridgehead atoms. The Labute approximate surface area is 101 Å². The largest absolute Gasteiger partial charge is 0.478 e. The normalized spacial score (nSPS) is 11.0. The SMILES string of the molecule is O.O=C(O)/C=C(/C(=O)O)c1[nH]cc2ccccc12. The topological polar surface area (TPSA) is 122 Å². The van der Waals surface area contributed by atoms with Crippen LogP contribution in [0, 0.1) is 0 Å². The van der Waals surface area contributed by atoms with Gasteiger partial charge in [0, 0.05) is 17.7 Å². The first-order chi connectivity index (χ1) is 8.09. The number of aliphatic carboxylic acids is 2.